The van der Waals surface area contributed by atoms with Crippen LogP contribution in [0.25, 0.3) is 0 Å². The number of aromatic carboxylic acids is 1. The third-order valence-electron chi connectivity index (χ3n) is 1.07. The quantitative estimate of drug-likeness (QED) is 0.402. The minimum Gasteiger partial charge on any atom is -0.477 e. The summed E-state index contributed by atoms with van der Waals surface area (Å²) in [7, 11) is 0. The highest BCUT2D eigenvalue weighted by Gasteiger charge is 2.05. The Labute approximate surface area is 57.5 Å². The van der Waals surface area contributed by atoms with Gasteiger partial charge >= 0.3 is 5.97 Å². The number of aromatic nitrogens is 1. The van der Waals surface area contributed by atoms with E-state index in [4.69, 9.17) is 10.9 Å². The maximum atomic E-state index is 10.3. The monoisotopic (exact) mass is 139 g/mol. The van der Waals surface area contributed by atoms with Gasteiger partial charge in [0.2, 0.25) is 6.20 Å². The van der Waals surface area contributed by atoms with Gasteiger partial charge in [0.05, 0.1) is 0 Å². The molecule has 4 nitrogen and oxygen atoms in total. The van der Waals surface area contributed by atoms with Crippen LogP contribution in [0.3, 0.4) is 0 Å². The molecular weight excluding hydrogens is 132 g/mol. The zero-order valence-electron chi connectivity index (χ0n) is 5.19. The highest BCUT2D eigenvalue weighted by Crippen LogP contribution is 1.91. The van der Waals surface area contributed by atoms with Gasteiger partial charge in [-0.15, -0.1) is 0 Å². The predicted molar refractivity (Wildman–Crippen MR) is 33.7 cm³/mol. The molecule has 0 unspecified atom stereocenters. The number of carboxylic acids is 1. The highest BCUT2D eigenvalue weighted by molar-refractivity contribution is 5.86. The lowest BCUT2D eigenvalue weighted by atomic mass is 10.3. The summed E-state index contributed by atoms with van der Waals surface area (Å²) in [6.45, 7) is 0. The average Bonchev–Trinajstić information content (AvgIpc) is 1.88. The summed E-state index contributed by atoms with van der Waals surface area (Å²) in [5.41, 5.74) is 0.185. The number of carboxylic acid groups (broad SMARTS) is 1. The second-order valence-corrected chi connectivity index (χ2v) is 1.84. The summed E-state index contributed by atoms with van der Waals surface area (Å²) in [6, 6.07) is 3.05. The van der Waals surface area contributed by atoms with Crippen molar-refractivity contribution in [2.45, 2.75) is 0 Å². The first-order valence-corrected chi connectivity index (χ1v) is 2.70. The normalized spacial score (nSPS) is 9.20. The van der Waals surface area contributed by atoms with Gasteiger partial charge in [-0.05, 0) is 6.07 Å². The Balaban J connectivity index is 3.07. The molecule has 52 valence electrons. The standard InChI is InChI=1S/C6H6N2O2/c7-8-3-1-2-5(4-8)6(9)10/h1-4H,7H2/p+1. The second-order valence-electron chi connectivity index (χ2n) is 1.84. The number of nitrogens with zero attached hydrogens (tertiary/aromatic N) is 1. The summed E-state index contributed by atoms with van der Waals surface area (Å²) in [6.07, 6.45) is 2.90. The van der Waals surface area contributed by atoms with E-state index in [1.165, 1.54) is 16.9 Å². The van der Waals surface area contributed by atoms with Crippen LogP contribution in [-0.2, 0) is 0 Å². The Hall–Kier alpha value is -1.58. The zero-order valence-corrected chi connectivity index (χ0v) is 5.19. The molecule has 0 bridgehead atoms. The fraction of sp³-hybridized carbons (Fsp3) is 0. The smallest absolute Gasteiger partial charge is 0.341 e. The molecule has 3 N–H and O–H groups in total. The second kappa shape index (κ2) is 2.34. The molecule has 10 heavy (non-hydrogen) atoms. The maximum Gasteiger partial charge on any atom is 0.341 e. The van der Waals surface area contributed by atoms with Crippen molar-refractivity contribution in [2.24, 2.45) is 0 Å². The number of nitrogens with two attached hydrogens (primary N) is 1. The molecule has 0 aliphatic carbocycles. The number of pyridine rings is 1. The zero-order chi connectivity index (χ0) is 7.56. The van der Waals surface area contributed by atoms with Gasteiger partial charge in [-0.2, -0.15) is 0 Å². The molecule has 0 saturated heterocycles. The summed E-state index contributed by atoms with van der Waals surface area (Å²) in [5, 5.41) is 8.44. The molecule has 0 spiro atoms. The van der Waals surface area contributed by atoms with Crippen LogP contribution in [0.2, 0.25) is 0 Å². The lowest BCUT2D eigenvalue weighted by molar-refractivity contribution is -0.639. The molecule has 0 aliphatic rings. The lowest BCUT2D eigenvalue weighted by Crippen LogP contribution is -2.44. The molecule has 1 aromatic heterocycles. The number of carbonyl (C=O) groups is 1. The predicted octanol–water partition coefficient (Wildman–Crippen LogP) is -0.614. The summed E-state index contributed by atoms with van der Waals surface area (Å²) >= 11 is 0. The van der Waals surface area contributed by atoms with Gasteiger partial charge < -0.3 is 5.11 Å². The van der Waals surface area contributed by atoms with Crippen LogP contribution in [0.4, 0.5) is 0 Å². The van der Waals surface area contributed by atoms with Crippen molar-refractivity contribution < 1.29 is 14.6 Å². The van der Waals surface area contributed by atoms with Crippen molar-refractivity contribution in [2.75, 3.05) is 5.84 Å². The minimum atomic E-state index is -0.972. The van der Waals surface area contributed by atoms with Crippen molar-refractivity contribution in [1.82, 2.24) is 0 Å². The first kappa shape index (κ1) is 6.54. The average molecular weight is 139 g/mol. The largest absolute Gasteiger partial charge is 0.477 e. The van der Waals surface area contributed by atoms with Crippen LogP contribution >= 0.6 is 0 Å². The first-order valence-electron chi connectivity index (χ1n) is 2.70. The van der Waals surface area contributed by atoms with Crippen molar-refractivity contribution in [3.05, 3.63) is 30.1 Å². The Kier molecular flexibility index (Phi) is 1.53. The molecule has 1 rings (SSSR count). The Bertz CT molecular complexity index is 260. The maximum absolute atomic E-state index is 10.3. The molecular formula is C6H7N2O2+. The van der Waals surface area contributed by atoms with Gasteiger partial charge in [0.1, 0.15) is 5.56 Å². The summed E-state index contributed by atoms with van der Waals surface area (Å²) in [4.78, 5) is 10.3. The lowest BCUT2D eigenvalue weighted by Gasteiger charge is -1.88. The number of hydrogen-bond donors (Lipinski definition) is 2. The molecule has 0 radical (unpaired) electrons. The van der Waals surface area contributed by atoms with Crippen molar-refractivity contribution in [1.29, 1.82) is 0 Å². The third kappa shape index (κ3) is 1.22. The van der Waals surface area contributed by atoms with Crippen LogP contribution in [0, 0.1) is 0 Å². The number of nitrogen functional groups attached to an aromatic ring is 1. The number of rotatable bonds is 1. The summed E-state index contributed by atoms with van der Waals surface area (Å²) in [5.74, 6) is 4.28. The van der Waals surface area contributed by atoms with E-state index in [0.717, 1.165) is 0 Å². The topological polar surface area (TPSA) is 67.2 Å². The SMILES string of the molecule is N[n+]1cccc(C(=O)O)c1. The van der Waals surface area contributed by atoms with Gasteiger partial charge in [0.25, 0.3) is 0 Å². The van der Waals surface area contributed by atoms with Crippen LogP contribution < -0.4 is 10.5 Å². The number of hydrogen-bond acceptors (Lipinski definition) is 2. The van der Waals surface area contributed by atoms with Crippen LogP contribution in [0.5, 0.6) is 0 Å². The van der Waals surface area contributed by atoms with Crippen molar-refractivity contribution in [3.8, 4) is 0 Å². The minimum absolute atomic E-state index is 0.185. The molecule has 0 saturated carbocycles. The van der Waals surface area contributed by atoms with E-state index in [0.29, 0.717) is 0 Å². The molecule has 0 amide bonds. The van der Waals surface area contributed by atoms with Crippen LogP contribution in [0.15, 0.2) is 24.5 Å². The van der Waals surface area contributed by atoms with Gasteiger partial charge in [0, 0.05) is 6.07 Å². The fourth-order valence-electron chi connectivity index (χ4n) is 0.619. The van der Waals surface area contributed by atoms with E-state index in [-0.39, 0.29) is 5.56 Å². The van der Waals surface area contributed by atoms with E-state index in [9.17, 15) is 4.79 Å². The molecule has 0 aliphatic heterocycles. The third-order valence-corrected chi connectivity index (χ3v) is 1.07. The van der Waals surface area contributed by atoms with Gasteiger partial charge in [-0.1, -0.05) is 4.68 Å². The Morgan fingerprint density at radius 2 is 2.40 bits per heavy atom. The van der Waals surface area contributed by atoms with Crippen molar-refractivity contribution in [3.63, 3.8) is 0 Å². The van der Waals surface area contributed by atoms with Gasteiger partial charge in [0.15, 0.2) is 6.20 Å². The van der Waals surface area contributed by atoms with E-state index in [2.05, 4.69) is 0 Å². The molecule has 4 heteroatoms. The Morgan fingerprint density at radius 3 is 2.80 bits per heavy atom. The molecule has 1 heterocycles. The molecule has 0 atom stereocenters. The van der Waals surface area contributed by atoms with Crippen LogP contribution in [0.1, 0.15) is 10.4 Å². The van der Waals surface area contributed by atoms with E-state index in [1.807, 2.05) is 0 Å². The highest BCUT2D eigenvalue weighted by atomic mass is 16.4. The molecule has 0 fully saturated rings. The van der Waals surface area contributed by atoms with Gasteiger partial charge in [-0.25, -0.2) is 10.6 Å². The van der Waals surface area contributed by atoms with E-state index >= 15 is 0 Å². The van der Waals surface area contributed by atoms with E-state index in [1.54, 1.807) is 12.3 Å². The Morgan fingerprint density at radius 1 is 1.70 bits per heavy atom. The van der Waals surface area contributed by atoms with E-state index < -0.39 is 5.97 Å². The van der Waals surface area contributed by atoms with Crippen molar-refractivity contribution >= 4 is 5.97 Å². The first-order chi connectivity index (χ1) is 4.70. The van der Waals surface area contributed by atoms with Gasteiger partial charge in [-0.3, -0.25) is 0 Å². The van der Waals surface area contributed by atoms with Crippen LogP contribution in [-0.4, -0.2) is 11.1 Å². The fourth-order valence-corrected chi connectivity index (χ4v) is 0.619. The molecule has 1 aromatic rings. The molecule has 0 aromatic carbocycles. The summed E-state index contributed by atoms with van der Waals surface area (Å²) < 4.78 is 1.20.